The van der Waals surface area contributed by atoms with Gasteiger partial charge in [-0.3, -0.25) is 9.59 Å². The number of nitriles is 1. The fourth-order valence-electron chi connectivity index (χ4n) is 5.24. The van der Waals surface area contributed by atoms with E-state index in [9.17, 15) is 45.1 Å². The van der Waals surface area contributed by atoms with Gasteiger partial charge in [0.2, 0.25) is 0 Å². The summed E-state index contributed by atoms with van der Waals surface area (Å²) in [4.78, 5) is 42.1. The smallest absolute Gasteiger partial charge is 0.305 e. The molecule has 0 bridgehead atoms. The number of rotatable bonds is 6. The van der Waals surface area contributed by atoms with Gasteiger partial charge in [-0.2, -0.15) is 31.6 Å². The maximum absolute atomic E-state index is 14.4. The molecule has 4 aromatic rings. The minimum Gasteiger partial charge on any atom is -0.305 e. The van der Waals surface area contributed by atoms with E-state index in [1.54, 1.807) is 0 Å². The summed E-state index contributed by atoms with van der Waals surface area (Å²) in [6.45, 7) is 2.30. The van der Waals surface area contributed by atoms with Crippen LogP contribution in [0.1, 0.15) is 52.0 Å². The van der Waals surface area contributed by atoms with Crippen molar-refractivity contribution in [2.24, 2.45) is 0 Å². The van der Waals surface area contributed by atoms with Crippen molar-refractivity contribution in [1.82, 2.24) is 4.90 Å². The third kappa shape index (κ3) is 6.18. The molecule has 1 aliphatic rings. The number of alkyl halides is 6. The lowest BCUT2D eigenvalue weighted by Crippen LogP contribution is -2.43. The Kier molecular flexibility index (Phi) is 8.18. The zero-order valence-corrected chi connectivity index (χ0v) is 24.5. The van der Waals surface area contributed by atoms with Gasteiger partial charge in [-0.1, -0.05) is 42.5 Å². The second kappa shape index (κ2) is 11.7. The second-order valence-electron chi connectivity index (χ2n) is 11.2. The monoisotopic (exact) mass is 653 g/mol. The summed E-state index contributed by atoms with van der Waals surface area (Å²) in [6.07, 6.45) is -9.50. The molecule has 0 N–H and O–H groups in total. The number of imide groups is 1. The van der Waals surface area contributed by atoms with Crippen LogP contribution in [0.2, 0.25) is 0 Å². The molecule has 1 heterocycles. The summed E-state index contributed by atoms with van der Waals surface area (Å²) in [6, 6.07) is 16.2. The van der Waals surface area contributed by atoms with Gasteiger partial charge in [0.15, 0.2) is 5.78 Å². The van der Waals surface area contributed by atoms with Crippen molar-refractivity contribution < 1.29 is 45.1 Å². The van der Waals surface area contributed by atoms with Crippen LogP contribution in [0.15, 0.2) is 84.9 Å². The molecule has 240 valence electrons. The highest BCUT2D eigenvalue weighted by Gasteiger charge is 2.52. The molecular weight excluding hydrogens is 631 g/mol. The number of carbonyl (C=O) groups excluding carboxylic acids is 3. The fourth-order valence-corrected chi connectivity index (χ4v) is 5.24. The van der Waals surface area contributed by atoms with Crippen LogP contribution in [0.25, 0.3) is 11.1 Å². The van der Waals surface area contributed by atoms with Crippen LogP contribution in [0, 0.1) is 17.1 Å². The third-order valence-corrected chi connectivity index (χ3v) is 7.83. The van der Waals surface area contributed by atoms with Crippen molar-refractivity contribution in [3.8, 4) is 17.2 Å². The Hall–Kier alpha value is -5.51. The van der Waals surface area contributed by atoms with Gasteiger partial charge >= 0.3 is 18.4 Å². The minimum absolute atomic E-state index is 0.0505. The number of hydrogen-bond donors (Lipinski definition) is 0. The van der Waals surface area contributed by atoms with Crippen LogP contribution in [0.4, 0.5) is 41.2 Å². The molecule has 1 saturated heterocycles. The minimum atomic E-state index is -4.95. The molecule has 13 heteroatoms. The molecule has 0 atom stereocenters. The summed E-state index contributed by atoms with van der Waals surface area (Å²) in [5, 5.41) is 9.11. The number of amides is 3. The highest BCUT2D eigenvalue weighted by molar-refractivity contribution is 6.23. The Labute approximate surface area is 263 Å². The summed E-state index contributed by atoms with van der Waals surface area (Å²) in [5.74, 6) is -2.36. The quantitative estimate of drug-likeness (QED) is 0.119. The maximum atomic E-state index is 14.4. The van der Waals surface area contributed by atoms with Gasteiger partial charge in [0, 0.05) is 17.7 Å². The van der Waals surface area contributed by atoms with Gasteiger partial charge in [0.1, 0.15) is 11.4 Å². The number of benzene rings is 4. The molecule has 5 rings (SSSR count). The second-order valence-corrected chi connectivity index (χ2v) is 11.2. The largest absolute Gasteiger partial charge is 0.417 e. The molecular formula is C34H22F7N3O3. The van der Waals surface area contributed by atoms with Gasteiger partial charge in [0.25, 0.3) is 5.91 Å². The summed E-state index contributed by atoms with van der Waals surface area (Å²) < 4.78 is 94.8. The lowest BCUT2D eigenvalue weighted by Gasteiger charge is -2.28. The van der Waals surface area contributed by atoms with E-state index < -0.39 is 70.4 Å². The lowest BCUT2D eigenvalue weighted by molar-refractivity contribution is -0.138. The first kappa shape index (κ1) is 32.9. The lowest BCUT2D eigenvalue weighted by atomic mass is 9.95. The SMILES string of the molecule is CC1(C)C(=O)N(c2ccc(C#N)c(C(F)(F)F)c2)C(=O)N1Cc1ccc(F)cc1C(=O)c1ccc(-c2cccc(C(F)(F)F)c2)cc1. The highest BCUT2D eigenvalue weighted by Crippen LogP contribution is 2.39. The number of nitrogens with zero attached hydrogens (tertiary/aromatic N) is 3. The predicted molar refractivity (Wildman–Crippen MR) is 155 cm³/mol. The van der Waals surface area contributed by atoms with E-state index in [-0.39, 0.29) is 22.3 Å². The van der Waals surface area contributed by atoms with Gasteiger partial charge in [-0.05, 0) is 73.0 Å². The number of carbonyl (C=O) groups is 3. The average Bonchev–Trinajstić information content (AvgIpc) is 3.19. The van der Waals surface area contributed by atoms with E-state index in [0.29, 0.717) is 16.5 Å². The Balaban J connectivity index is 1.46. The standard InChI is InChI=1S/C34H22F7N3O3/c1-32(2)30(46)44(26-13-11-22(17-42)28(16-26)34(39,40)41)31(47)43(32)18-23-10-12-25(35)15-27(23)29(45)20-8-6-19(7-9-20)21-4-3-5-24(14-21)33(36,37)38/h3-16H,18H2,1-2H3. The molecule has 0 aliphatic carbocycles. The Morgan fingerprint density at radius 3 is 2.13 bits per heavy atom. The Morgan fingerprint density at radius 2 is 1.51 bits per heavy atom. The predicted octanol–water partition coefficient (Wildman–Crippen LogP) is 8.38. The van der Waals surface area contributed by atoms with Crippen molar-refractivity contribution in [2.75, 3.05) is 4.90 Å². The van der Waals surface area contributed by atoms with Crippen LogP contribution < -0.4 is 4.90 Å². The van der Waals surface area contributed by atoms with Crippen LogP contribution in [0.5, 0.6) is 0 Å². The molecule has 6 nitrogen and oxygen atoms in total. The molecule has 0 saturated carbocycles. The first-order valence-electron chi connectivity index (χ1n) is 13.8. The fraction of sp³-hybridized carbons (Fsp3) is 0.176. The van der Waals surface area contributed by atoms with E-state index in [1.807, 2.05) is 0 Å². The van der Waals surface area contributed by atoms with Crippen LogP contribution in [-0.2, 0) is 23.7 Å². The number of anilines is 1. The molecule has 0 aromatic heterocycles. The number of urea groups is 1. The van der Waals surface area contributed by atoms with Gasteiger partial charge in [-0.25, -0.2) is 14.1 Å². The average molecular weight is 654 g/mol. The van der Waals surface area contributed by atoms with Crippen LogP contribution in [-0.4, -0.2) is 28.2 Å². The zero-order valence-electron chi connectivity index (χ0n) is 24.5. The topological polar surface area (TPSA) is 81.5 Å². The van der Waals surface area contributed by atoms with Gasteiger partial charge < -0.3 is 4.90 Å². The van der Waals surface area contributed by atoms with E-state index >= 15 is 0 Å². The highest BCUT2D eigenvalue weighted by atomic mass is 19.4. The Bertz CT molecular complexity index is 1960. The number of ketones is 1. The van der Waals surface area contributed by atoms with Crippen LogP contribution in [0.3, 0.4) is 0 Å². The van der Waals surface area contributed by atoms with Crippen molar-refractivity contribution in [3.63, 3.8) is 0 Å². The molecule has 1 fully saturated rings. The van der Waals surface area contributed by atoms with Crippen molar-refractivity contribution in [3.05, 3.63) is 124 Å². The first-order chi connectivity index (χ1) is 21.9. The van der Waals surface area contributed by atoms with E-state index in [0.717, 1.165) is 41.3 Å². The summed E-state index contributed by atoms with van der Waals surface area (Å²) in [7, 11) is 0. The van der Waals surface area contributed by atoms with E-state index in [1.165, 1.54) is 62.4 Å². The molecule has 3 amide bonds. The van der Waals surface area contributed by atoms with Crippen molar-refractivity contribution in [2.45, 2.75) is 38.3 Å². The molecule has 0 radical (unpaired) electrons. The van der Waals surface area contributed by atoms with Gasteiger partial charge in [0.05, 0.1) is 28.4 Å². The molecule has 47 heavy (non-hydrogen) atoms. The van der Waals surface area contributed by atoms with Crippen molar-refractivity contribution in [1.29, 1.82) is 5.26 Å². The third-order valence-electron chi connectivity index (χ3n) is 7.83. The normalized spacial score (nSPS) is 14.8. The number of halogens is 7. The zero-order chi connectivity index (χ0) is 34.5. The molecule has 0 spiro atoms. The van der Waals surface area contributed by atoms with Crippen LogP contribution >= 0.6 is 0 Å². The number of hydrogen-bond acceptors (Lipinski definition) is 4. The Morgan fingerprint density at radius 1 is 0.830 bits per heavy atom. The van der Waals surface area contributed by atoms with Gasteiger partial charge in [-0.15, -0.1) is 0 Å². The maximum Gasteiger partial charge on any atom is 0.417 e. The molecule has 1 aliphatic heterocycles. The van der Waals surface area contributed by atoms with E-state index in [4.69, 9.17) is 5.26 Å². The first-order valence-corrected chi connectivity index (χ1v) is 13.8. The molecule has 0 unspecified atom stereocenters. The van der Waals surface area contributed by atoms with E-state index in [2.05, 4.69) is 0 Å². The summed E-state index contributed by atoms with van der Waals surface area (Å²) in [5.41, 5.74) is -4.30. The van der Waals surface area contributed by atoms with Crippen molar-refractivity contribution >= 4 is 23.4 Å². The molecule has 4 aromatic carbocycles. The summed E-state index contributed by atoms with van der Waals surface area (Å²) >= 11 is 0.